The standard InChI is InChI=1S/C22H32F3N3O4/c1-14(19(32-4)12-27(3)20(30)16-5-6-16)11-28(15(2)13-29)21(31)26-18-9-7-17(8-10-18)22(23,24)25/h7-10,14-16,19,29H,5-6,11-13H2,1-4H3,(H,26,31)/t14-,15+,19-/m0/s1. The molecule has 7 nitrogen and oxygen atoms in total. The molecule has 32 heavy (non-hydrogen) atoms. The van der Waals surface area contributed by atoms with Crippen molar-refractivity contribution in [2.75, 3.05) is 39.2 Å². The highest BCUT2D eigenvalue weighted by Gasteiger charge is 2.34. The number of carbonyl (C=O) groups is 2. The second-order valence-electron chi connectivity index (χ2n) is 8.43. The number of carbonyl (C=O) groups excluding carboxylic acids is 2. The fourth-order valence-corrected chi connectivity index (χ4v) is 3.42. The zero-order valence-electron chi connectivity index (χ0n) is 18.9. The van der Waals surface area contributed by atoms with Crippen LogP contribution in [0.25, 0.3) is 0 Å². The Labute approximate surface area is 186 Å². The van der Waals surface area contributed by atoms with E-state index in [1.807, 2.05) is 6.92 Å². The number of urea groups is 1. The third-order valence-corrected chi connectivity index (χ3v) is 5.70. The molecule has 10 heteroatoms. The Bertz CT molecular complexity index is 769. The van der Waals surface area contributed by atoms with Crippen LogP contribution in [-0.2, 0) is 15.7 Å². The molecular weight excluding hydrogens is 427 g/mol. The molecule has 2 N–H and O–H groups in total. The van der Waals surface area contributed by atoms with E-state index in [0.717, 1.165) is 25.0 Å². The van der Waals surface area contributed by atoms with Gasteiger partial charge in [0.1, 0.15) is 0 Å². The summed E-state index contributed by atoms with van der Waals surface area (Å²) in [5, 5.41) is 12.2. The summed E-state index contributed by atoms with van der Waals surface area (Å²) >= 11 is 0. The molecule has 2 rings (SSSR count). The first-order valence-electron chi connectivity index (χ1n) is 10.6. The maximum absolute atomic E-state index is 12.8. The lowest BCUT2D eigenvalue weighted by Gasteiger charge is -2.34. The number of ether oxygens (including phenoxy) is 1. The van der Waals surface area contributed by atoms with Crippen LogP contribution < -0.4 is 5.32 Å². The molecule has 3 amide bonds. The van der Waals surface area contributed by atoms with E-state index in [-0.39, 0.29) is 42.7 Å². The molecule has 0 aliphatic heterocycles. The van der Waals surface area contributed by atoms with E-state index in [4.69, 9.17) is 4.74 Å². The average molecular weight is 460 g/mol. The predicted molar refractivity (Wildman–Crippen MR) is 114 cm³/mol. The summed E-state index contributed by atoms with van der Waals surface area (Å²) in [6.45, 7) is 3.85. The van der Waals surface area contributed by atoms with Crippen LogP contribution in [0.4, 0.5) is 23.7 Å². The topological polar surface area (TPSA) is 82.1 Å². The van der Waals surface area contributed by atoms with Crippen molar-refractivity contribution in [2.24, 2.45) is 11.8 Å². The Kier molecular flexibility index (Phi) is 8.91. The number of methoxy groups -OCH3 is 1. The largest absolute Gasteiger partial charge is 0.416 e. The average Bonchev–Trinajstić information content (AvgIpc) is 3.59. The monoisotopic (exact) mass is 459 g/mol. The molecule has 0 unspecified atom stereocenters. The number of nitrogens with one attached hydrogen (secondary N) is 1. The van der Waals surface area contributed by atoms with Crippen LogP contribution in [-0.4, -0.2) is 72.8 Å². The predicted octanol–water partition coefficient (Wildman–Crippen LogP) is 3.44. The van der Waals surface area contributed by atoms with Crippen molar-refractivity contribution >= 4 is 17.6 Å². The molecule has 1 aliphatic carbocycles. The quantitative estimate of drug-likeness (QED) is 0.562. The SMILES string of the molecule is CO[C@@H](CN(C)C(=O)C1CC1)[C@@H](C)CN(C(=O)Nc1ccc(C(F)(F)F)cc1)[C@H](C)CO. The number of benzene rings is 1. The van der Waals surface area contributed by atoms with Crippen LogP contribution in [0, 0.1) is 11.8 Å². The van der Waals surface area contributed by atoms with Crippen molar-refractivity contribution < 1.29 is 32.6 Å². The zero-order chi connectivity index (χ0) is 24.1. The molecule has 3 atom stereocenters. The molecule has 0 spiro atoms. The number of aliphatic hydroxyl groups excluding tert-OH is 1. The number of nitrogens with zero attached hydrogens (tertiary/aromatic N) is 2. The van der Waals surface area contributed by atoms with Gasteiger partial charge in [0.15, 0.2) is 0 Å². The van der Waals surface area contributed by atoms with Gasteiger partial charge in [0.05, 0.1) is 24.3 Å². The maximum atomic E-state index is 12.8. The van der Waals surface area contributed by atoms with E-state index in [0.29, 0.717) is 6.54 Å². The number of anilines is 1. The van der Waals surface area contributed by atoms with Gasteiger partial charge in [-0.3, -0.25) is 4.79 Å². The van der Waals surface area contributed by atoms with Crippen LogP contribution in [0.1, 0.15) is 32.3 Å². The Morgan fingerprint density at radius 2 is 1.78 bits per heavy atom. The van der Waals surface area contributed by atoms with Crippen LogP contribution in [0.15, 0.2) is 24.3 Å². The van der Waals surface area contributed by atoms with Gasteiger partial charge in [-0.05, 0) is 44.0 Å². The number of hydrogen-bond acceptors (Lipinski definition) is 4. The van der Waals surface area contributed by atoms with E-state index in [1.165, 1.54) is 17.0 Å². The Morgan fingerprint density at radius 1 is 1.19 bits per heavy atom. The number of amides is 3. The van der Waals surface area contributed by atoms with Crippen LogP contribution in [0.5, 0.6) is 0 Å². The van der Waals surface area contributed by atoms with E-state index in [2.05, 4.69) is 5.32 Å². The highest BCUT2D eigenvalue weighted by Crippen LogP contribution is 2.31. The van der Waals surface area contributed by atoms with Gasteiger partial charge in [0.25, 0.3) is 0 Å². The minimum absolute atomic E-state index is 0.0832. The molecule has 1 aromatic rings. The van der Waals surface area contributed by atoms with Crippen molar-refractivity contribution in [3.05, 3.63) is 29.8 Å². The molecule has 0 radical (unpaired) electrons. The molecule has 0 bridgehead atoms. The van der Waals surface area contributed by atoms with E-state index in [1.54, 1.807) is 26.0 Å². The first-order chi connectivity index (χ1) is 15.0. The van der Waals surface area contributed by atoms with Gasteiger partial charge in [-0.1, -0.05) is 6.92 Å². The fourth-order valence-electron chi connectivity index (χ4n) is 3.42. The Morgan fingerprint density at radius 3 is 2.25 bits per heavy atom. The molecule has 0 heterocycles. The van der Waals surface area contributed by atoms with Crippen LogP contribution >= 0.6 is 0 Å². The molecule has 1 aliphatic rings. The summed E-state index contributed by atoms with van der Waals surface area (Å²) in [5.41, 5.74) is -0.596. The zero-order valence-corrected chi connectivity index (χ0v) is 18.9. The second kappa shape index (κ2) is 11.0. The van der Waals surface area contributed by atoms with Crippen LogP contribution in [0.3, 0.4) is 0 Å². The minimum atomic E-state index is -4.46. The molecule has 180 valence electrons. The van der Waals surface area contributed by atoms with Gasteiger partial charge >= 0.3 is 12.2 Å². The highest BCUT2D eigenvalue weighted by molar-refractivity contribution is 5.89. The van der Waals surface area contributed by atoms with Crippen molar-refractivity contribution in [1.29, 1.82) is 0 Å². The number of rotatable bonds is 10. The summed E-state index contributed by atoms with van der Waals surface area (Å²) in [6.07, 6.45) is -2.99. The third kappa shape index (κ3) is 7.09. The number of aliphatic hydroxyl groups is 1. The lowest BCUT2D eigenvalue weighted by molar-refractivity contribution is -0.137. The lowest BCUT2D eigenvalue weighted by atomic mass is 10.0. The second-order valence-corrected chi connectivity index (χ2v) is 8.43. The van der Waals surface area contributed by atoms with Crippen molar-refractivity contribution in [3.63, 3.8) is 0 Å². The molecule has 1 aromatic carbocycles. The molecular formula is C22H32F3N3O4. The van der Waals surface area contributed by atoms with Gasteiger partial charge in [-0.2, -0.15) is 13.2 Å². The van der Waals surface area contributed by atoms with E-state index >= 15 is 0 Å². The first kappa shape index (κ1) is 25.9. The normalized spacial score (nSPS) is 16.8. The summed E-state index contributed by atoms with van der Waals surface area (Å²) in [4.78, 5) is 28.1. The van der Waals surface area contributed by atoms with Gasteiger partial charge in [-0.25, -0.2) is 4.79 Å². The summed E-state index contributed by atoms with van der Waals surface area (Å²) in [5.74, 6) is -0.00470. The Balaban J connectivity index is 2.04. The summed E-state index contributed by atoms with van der Waals surface area (Å²) in [7, 11) is 3.27. The van der Waals surface area contributed by atoms with Gasteiger partial charge in [0.2, 0.25) is 5.91 Å². The smallest absolute Gasteiger partial charge is 0.394 e. The summed E-state index contributed by atoms with van der Waals surface area (Å²) < 4.78 is 43.8. The molecule has 1 saturated carbocycles. The molecule has 0 saturated heterocycles. The van der Waals surface area contributed by atoms with Crippen molar-refractivity contribution in [2.45, 2.75) is 45.0 Å². The lowest BCUT2D eigenvalue weighted by Crippen LogP contribution is -2.49. The number of alkyl halides is 3. The molecule has 1 fully saturated rings. The van der Waals surface area contributed by atoms with Gasteiger partial charge in [0, 0.05) is 44.8 Å². The highest BCUT2D eigenvalue weighted by atomic mass is 19.4. The van der Waals surface area contributed by atoms with E-state index < -0.39 is 23.8 Å². The maximum Gasteiger partial charge on any atom is 0.416 e. The molecule has 0 aromatic heterocycles. The first-order valence-corrected chi connectivity index (χ1v) is 10.6. The van der Waals surface area contributed by atoms with Crippen molar-refractivity contribution in [1.82, 2.24) is 9.80 Å². The number of hydrogen-bond donors (Lipinski definition) is 2. The van der Waals surface area contributed by atoms with E-state index in [9.17, 15) is 27.9 Å². The number of halogens is 3. The summed E-state index contributed by atoms with van der Waals surface area (Å²) in [6, 6.07) is 3.08. The third-order valence-electron chi connectivity index (χ3n) is 5.70. The number of likely N-dealkylation sites (N-methyl/N-ethyl adjacent to an activating group) is 1. The fraction of sp³-hybridized carbons (Fsp3) is 0.636. The minimum Gasteiger partial charge on any atom is -0.394 e. The van der Waals surface area contributed by atoms with Crippen LogP contribution in [0.2, 0.25) is 0 Å². The van der Waals surface area contributed by atoms with Gasteiger partial charge < -0.3 is 25.0 Å². The van der Waals surface area contributed by atoms with Gasteiger partial charge in [-0.15, -0.1) is 0 Å². The Hall–Kier alpha value is -2.33. The van der Waals surface area contributed by atoms with Crippen molar-refractivity contribution in [3.8, 4) is 0 Å².